The number of allylic oxidation sites excluding steroid dienone is 2. The van der Waals surface area contributed by atoms with Crippen molar-refractivity contribution in [2.45, 2.75) is 38.4 Å². The molecule has 8 nitrogen and oxygen atoms in total. The van der Waals surface area contributed by atoms with E-state index in [1.165, 1.54) is 26.4 Å². The predicted molar refractivity (Wildman–Crippen MR) is 162 cm³/mol. The zero-order valence-electron chi connectivity index (χ0n) is 24.4. The molecule has 5 rings (SSSR count). The number of likely N-dealkylation sites (tertiary alicyclic amines) is 1. The molecule has 3 aromatic rings. The third-order valence-corrected chi connectivity index (χ3v) is 8.02. The molecule has 1 aliphatic heterocycles. The molecule has 42 heavy (non-hydrogen) atoms. The molecule has 1 unspecified atom stereocenters. The van der Waals surface area contributed by atoms with Crippen molar-refractivity contribution in [1.29, 1.82) is 0 Å². The average molecular weight is 573 g/mol. The number of amides is 1. The fourth-order valence-corrected chi connectivity index (χ4v) is 5.73. The van der Waals surface area contributed by atoms with E-state index < -0.39 is 6.04 Å². The second-order valence-corrected chi connectivity index (χ2v) is 10.8. The van der Waals surface area contributed by atoms with Crippen LogP contribution in [-0.4, -0.2) is 67.3 Å². The van der Waals surface area contributed by atoms with E-state index in [1.54, 1.807) is 24.4 Å². The number of nitrogens with zero attached hydrogens (tertiary/aromatic N) is 2. The maximum Gasteiger partial charge on any atom is 0.242 e. The molecule has 1 amide bonds. The van der Waals surface area contributed by atoms with Crippen LogP contribution in [-0.2, 0) is 11.3 Å². The summed E-state index contributed by atoms with van der Waals surface area (Å²) in [6, 6.07) is 13.1. The van der Waals surface area contributed by atoms with Gasteiger partial charge in [0.1, 0.15) is 11.9 Å². The molecule has 9 heteroatoms. The Morgan fingerprint density at radius 2 is 1.83 bits per heavy atom. The van der Waals surface area contributed by atoms with Gasteiger partial charge in [0.15, 0.2) is 11.5 Å². The third-order valence-electron chi connectivity index (χ3n) is 8.02. The van der Waals surface area contributed by atoms with Crippen molar-refractivity contribution in [3.8, 4) is 17.2 Å². The normalized spacial score (nSPS) is 17.3. The molecule has 0 bridgehead atoms. The predicted octanol–water partition coefficient (Wildman–Crippen LogP) is 4.64. The summed E-state index contributed by atoms with van der Waals surface area (Å²) in [5.41, 5.74) is 5.43. The zero-order valence-corrected chi connectivity index (χ0v) is 24.4. The first-order valence-electron chi connectivity index (χ1n) is 14.1. The maximum atomic E-state index is 14.8. The monoisotopic (exact) mass is 572 g/mol. The van der Waals surface area contributed by atoms with E-state index in [4.69, 9.17) is 9.47 Å². The Morgan fingerprint density at radius 3 is 2.48 bits per heavy atom. The Bertz CT molecular complexity index is 1490. The molecule has 2 heterocycles. The SMILES string of the molecule is COc1cc(/C=C2/C(C)=C(C(NC3CCN(C)CC3)C(=O)NCc3ccccn3)c3cc(F)ccc32)cc(OC)c1O. The molecule has 1 saturated heterocycles. The molecule has 220 valence electrons. The Labute approximate surface area is 245 Å². The number of pyridine rings is 1. The summed E-state index contributed by atoms with van der Waals surface area (Å²) in [5.74, 6) is -0.110. The van der Waals surface area contributed by atoms with Gasteiger partial charge >= 0.3 is 0 Å². The van der Waals surface area contributed by atoms with E-state index in [2.05, 4.69) is 27.6 Å². The lowest BCUT2D eigenvalue weighted by molar-refractivity contribution is -0.122. The molecule has 2 aliphatic rings. The van der Waals surface area contributed by atoms with E-state index in [1.807, 2.05) is 31.2 Å². The summed E-state index contributed by atoms with van der Waals surface area (Å²) in [4.78, 5) is 20.5. The summed E-state index contributed by atoms with van der Waals surface area (Å²) in [5, 5.41) is 17.1. The molecule has 1 atom stereocenters. The highest BCUT2D eigenvalue weighted by molar-refractivity contribution is 6.11. The van der Waals surface area contributed by atoms with Gasteiger partial charge in [0.25, 0.3) is 0 Å². The number of phenols is 1. The van der Waals surface area contributed by atoms with Gasteiger partial charge in [0.05, 0.1) is 26.5 Å². The van der Waals surface area contributed by atoms with Crippen LogP contribution in [0.3, 0.4) is 0 Å². The summed E-state index contributed by atoms with van der Waals surface area (Å²) in [7, 11) is 5.05. The summed E-state index contributed by atoms with van der Waals surface area (Å²) in [6.07, 6.45) is 5.45. The Kier molecular flexibility index (Phi) is 8.89. The molecule has 0 saturated carbocycles. The highest BCUT2D eigenvalue weighted by atomic mass is 19.1. The number of piperidine rings is 1. The number of benzene rings is 2. The van der Waals surface area contributed by atoms with Crippen molar-refractivity contribution in [2.75, 3.05) is 34.4 Å². The zero-order chi connectivity index (χ0) is 29.8. The van der Waals surface area contributed by atoms with Crippen molar-refractivity contribution in [3.05, 3.63) is 88.5 Å². The third kappa shape index (κ3) is 6.17. The van der Waals surface area contributed by atoms with Gasteiger partial charge < -0.3 is 24.8 Å². The number of fused-ring (bicyclic) bond motifs is 1. The van der Waals surface area contributed by atoms with E-state index in [0.29, 0.717) is 5.56 Å². The lowest BCUT2D eigenvalue weighted by atomic mass is 9.95. The van der Waals surface area contributed by atoms with E-state index >= 15 is 0 Å². The second-order valence-electron chi connectivity index (χ2n) is 10.8. The van der Waals surface area contributed by atoms with Crippen LogP contribution in [0.15, 0.2) is 60.3 Å². The number of rotatable bonds is 9. The van der Waals surface area contributed by atoms with E-state index in [-0.39, 0.29) is 41.6 Å². The van der Waals surface area contributed by atoms with Crippen molar-refractivity contribution in [2.24, 2.45) is 0 Å². The minimum Gasteiger partial charge on any atom is -0.502 e. The second kappa shape index (κ2) is 12.8. The van der Waals surface area contributed by atoms with Crippen molar-refractivity contribution in [1.82, 2.24) is 20.5 Å². The van der Waals surface area contributed by atoms with Crippen molar-refractivity contribution >= 4 is 23.1 Å². The van der Waals surface area contributed by atoms with Crippen LogP contribution < -0.4 is 20.1 Å². The fourth-order valence-electron chi connectivity index (χ4n) is 5.73. The van der Waals surface area contributed by atoms with Crippen LogP contribution >= 0.6 is 0 Å². The smallest absolute Gasteiger partial charge is 0.242 e. The fraction of sp³-hybridized carbons (Fsp3) is 0.333. The first-order chi connectivity index (χ1) is 20.3. The van der Waals surface area contributed by atoms with Crippen LogP contribution in [0.1, 0.15) is 42.1 Å². The van der Waals surface area contributed by atoms with Gasteiger partial charge in [-0.2, -0.15) is 0 Å². The summed E-state index contributed by atoms with van der Waals surface area (Å²) < 4.78 is 25.5. The van der Waals surface area contributed by atoms with Gasteiger partial charge in [0.2, 0.25) is 11.7 Å². The number of hydrogen-bond donors (Lipinski definition) is 3. The molecular formula is C33H37FN4O4. The van der Waals surface area contributed by atoms with Gasteiger partial charge in [-0.3, -0.25) is 15.1 Å². The van der Waals surface area contributed by atoms with Crippen molar-refractivity contribution in [3.63, 3.8) is 0 Å². The number of methoxy groups -OCH3 is 2. The van der Waals surface area contributed by atoms with Crippen LogP contribution in [0.25, 0.3) is 17.2 Å². The molecule has 0 spiro atoms. The Hall–Kier alpha value is -4.21. The Balaban J connectivity index is 1.58. The highest BCUT2D eigenvalue weighted by Gasteiger charge is 2.35. The summed E-state index contributed by atoms with van der Waals surface area (Å²) >= 11 is 0. The average Bonchev–Trinajstić information content (AvgIpc) is 3.26. The number of phenolic OH excluding ortho intramolecular Hbond substituents is 1. The minimum absolute atomic E-state index is 0.0871. The molecular weight excluding hydrogens is 535 g/mol. The number of hydrogen-bond acceptors (Lipinski definition) is 7. The topological polar surface area (TPSA) is 96.0 Å². The number of carbonyl (C=O) groups excluding carboxylic acids is 1. The van der Waals surface area contributed by atoms with Gasteiger partial charge in [-0.15, -0.1) is 0 Å². The first kappa shape index (κ1) is 29.3. The van der Waals surface area contributed by atoms with Gasteiger partial charge in [-0.05, 0) is 116 Å². The van der Waals surface area contributed by atoms with Gasteiger partial charge in [-0.25, -0.2) is 4.39 Å². The lowest BCUT2D eigenvalue weighted by Gasteiger charge is -2.33. The maximum absolute atomic E-state index is 14.8. The van der Waals surface area contributed by atoms with Crippen LogP contribution in [0.4, 0.5) is 4.39 Å². The van der Waals surface area contributed by atoms with Crippen LogP contribution in [0.2, 0.25) is 0 Å². The van der Waals surface area contributed by atoms with E-state index in [0.717, 1.165) is 59.5 Å². The molecule has 1 aliphatic carbocycles. The standard InChI is InChI=1S/C33H37FN4O4/c1-20-26(15-21-16-28(41-3)32(39)29(17-21)42-4)25-9-8-22(34)18-27(25)30(20)31(37-23-10-13-38(2)14-11-23)33(40)36-19-24-7-5-6-12-35-24/h5-9,12,15-18,23,31,37,39H,10-11,13-14,19H2,1-4H3,(H,36,40)/b26-15-. The molecule has 3 N–H and O–H groups in total. The number of nitrogens with one attached hydrogen (secondary N) is 2. The van der Waals surface area contributed by atoms with E-state index in [9.17, 15) is 14.3 Å². The van der Waals surface area contributed by atoms with Crippen LogP contribution in [0.5, 0.6) is 17.2 Å². The van der Waals surface area contributed by atoms with Crippen molar-refractivity contribution < 1.29 is 23.8 Å². The number of ether oxygens (including phenoxy) is 2. The first-order valence-corrected chi connectivity index (χ1v) is 14.1. The molecule has 1 aromatic heterocycles. The number of carbonyl (C=O) groups is 1. The number of halogens is 1. The van der Waals surface area contributed by atoms with Gasteiger partial charge in [-0.1, -0.05) is 12.1 Å². The molecule has 1 fully saturated rings. The quantitative estimate of drug-likeness (QED) is 0.344. The highest BCUT2D eigenvalue weighted by Crippen LogP contribution is 2.45. The number of aromatic nitrogens is 1. The summed E-state index contributed by atoms with van der Waals surface area (Å²) in [6.45, 7) is 4.10. The van der Waals surface area contributed by atoms with Crippen LogP contribution in [0, 0.1) is 5.82 Å². The molecule has 2 aromatic carbocycles. The molecule has 0 radical (unpaired) electrons. The minimum atomic E-state index is -0.711. The Morgan fingerprint density at radius 1 is 1.12 bits per heavy atom. The van der Waals surface area contributed by atoms with Gasteiger partial charge in [0, 0.05) is 12.2 Å². The largest absolute Gasteiger partial charge is 0.502 e. The lowest BCUT2D eigenvalue weighted by Crippen LogP contribution is -2.51. The number of aromatic hydroxyl groups is 1.